The normalized spacial score (nSPS) is 13.1. The molecule has 130 valence electrons. The van der Waals surface area contributed by atoms with Gasteiger partial charge in [-0.15, -0.1) is 0 Å². The van der Waals surface area contributed by atoms with Crippen molar-refractivity contribution in [3.8, 4) is 0 Å². The van der Waals surface area contributed by atoms with E-state index in [1.165, 1.54) is 18.2 Å². The first-order valence-corrected chi connectivity index (χ1v) is 6.50. The lowest BCUT2D eigenvalue weighted by atomic mass is 10.1. The first-order chi connectivity index (χ1) is 10.3. The van der Waals surface area contributed by atoms with Gasteiger partial charge in [0.2, 0.25) is 0 Å². The maximum absolute atomic E-state index is 13.0. The maximum Gasteiger partial charge on any atom is 0.460 e. The zero-order valence-corrected chi connectivity index (χ0v) is 12.4. The van der Waals surface area contributed by atoms with Crippen LogP contribution in [0.15, 0.2) is 18.2 Å². The first-order valence-electron chi connectivity index (χ1n) is 5.74. The molecule has 1 aromatic carbocycles. The van der Waals surface area contributed by atoms with Crippen LogP contribution in [0.3, 0.4) is 0 Å². The average Bonchev–Trinajstić information content (AvgIpc) is 2.39. The Morgan fingerprint density at radius 3 is 2.09 bits per heavy atom. The molecule has 0 atom stereocenters. The molecule has 11 heteroatoms. The fraction of sp³-hybridized carbons (Fsp3) is 0.417. The van der Waals surface area contributed by atoms with Gasteiger partial charge in [0.15, 0.2) is 0 Å². The summed E-state index contributed by atoms with van der Waals surface area (Å²) < 4.78 is 90.6. The van der Waals surface area contributed by atoms with E-state index in [-0.39, 0.29) is 22.0 Å². The summed E-state index contributed by atoms with van der Waals surface area (Å²) in [5.41, 5.74) is 0.273. The second-order valence-electron chi connectivity index (χ2n) is 4.27. The van der Waals surface area contributed by atoms with E-state index >= 15 is 0 Å². The molecular weight excluding hydrogens is 380 g/mol. The quantitative estimate of drug-likeness (QED) is 0.530. The van der Waals surface area contributed by atoms with Crippen LogP contribution in [-0.2, 0) is 16.0 Å². The number of alkyl halides is 7. The molecule has 23 heavy (non-hydrogen) atoms. The first kappa shape index (κ1) is 19.8. The molecule has 0 fully saturated rings. The van der Waals surface area contributed by atoms with Crippen molar-refractivity contribution in [2.45, 2.75) is 24.4 Å². The van der Waals surface area contributed by atoms with Gasteiger partial charge in [-0.2, -0.15) is 30.7 Å². The van der Waals surface area contributed by atoms with Crippen LogP contribution in [0.4, 0.5) is 30.7 Å². The Morgan fingerprint density at radius 1 is 1.04 bits per heavy atom. The molecular formula is C12H7Cl2F7O2. The minimum atomic E-state index is -6.60. The molecule has 0 aliphatic carbocycles. The van der Waals surface area contributed by atoms with Crippen LogP contribution in [0.2, 0.25) is 10.0 Å². The summed E-state index contributed by atoms with van der Waals surface area (Å²) >= 11 is 11.3. The molecule has 0 aliphatic rings. The molecule has 0 aliphatic heterocycles. The third kappa shape index (κ3) is 4.20. The number of ether oxygens (including phenoxy) is 1. The molecule has 0 radical (unpaired) electrons. The van der Waals surface area contributed by atoms with Gasteiger partial charge in [0.05, 0.1) is 6.61 Å². The lowest BCUT2D eigenvalue weighted by Crippen LogP contribution is -2.56. The van der Waals surface area contributed by atoms with Crippen LogP contribution in [0.1, 0.15) is 5.56 Å². The standard InChI is InChI=1S/C12H7Cl2F7O2/c13-7-2-1-6(8(14)5-7)3-4-23-9(22)10(15,16)11(17,18)12(19,20)21/h1-2,5H,3-4H2. The van der Waals surface area contributed by atoms with Gasteiger partial charge in [-0.05, 0) is 17.7 Å². The van der Waals surface area contributed by atoms with Gasteiger partial charge in [0.25, 0.3) is 0 Å². The Morgan fingerprint density at radius 2 is 1.61 bits per heavy atom. The Bertz CT molecular complexity index is 587. The predicted molar refractivity (Wildman–Crippen MR) is 67.1 cm³/mol. The fourth-order valence-corrected chi connectivity index (χ4v) is 1.88. The highest BCUT2D eigenvalue weighted by Gasteiger charge is 2.77. The third-order valence-electron chi connectivity index (χ3n) is 2.63. The molecule has 0 N–H and O–H groups in total. The number of hydrogen-bond donors (Lipinski definition) is 0. The molecule has 0 amide bonds. The highest BCUT2D eigenvalue weighted by atomic mass is 35.5. The molecule has 0 bridgehead atoms. The van der Waals surface area contributed by atoms with Crippen molar-refractivity contribution in [2.24, 2.45) is 0 Å². The number of carbonyl (C=O) groups is 1. The largest absolute Gasteiger partial charge is 0.461 e. The van der Waals surface area contributed by atoms with Crippen molar-refractivity contribution in [1.82, 2.24) is 0 Å². The van der Waals surface area contributed by atoms with E-state index in [1.54, 1.807) is 0 Å². The summed E-state index contributed by atoms with van der Waals surface area (Å²) in [6.45, 7) is -0.871. The van der Waals surface area contributed by atoms with E-state index < -0.39 is 30.6 Å². The van der Waals surface area contributed by atoms with Gasteiger partial charge in [-0.3, -0.25) is 0 Å². The number of carbonyl (C=O) groups excluding carboxylic acids is 1. The summed E-state index contributed by atoms with van der Waals surface area (Å²) in [7, 11) is 0. The zero-order valence-electron chi connectivity index (χ0n) is 10.9. The SMILES string of the molecule is O=C(OCCc1ccc(Cl)cc1Cl)C(F)(F)C(F)(F)C(F)(F)F. The maximum atomic E-state index is 13.0. The molecule has 2 nitrogen and oxygen atoms in total. The molecule has 1 rings (SSSR count). The second kappa shape index (κ2) is 6.72. The van der Waals surface area contributed by atoms with Crippen molar-refractivity contribution >= 4 is 29.2 Å². The lowest BCUT2D eigenvalue weighted by molar-refractivity contribution is -0.348. The molecule has 0 aromatic heterocycles. The van der Waals surface area contributed by atoms with Crippen LogP contribution in [0, 0.1) is 0 Å². The van der Waals surface area contributed by atoms with Crippen LogP contribution in [-0.4, -0.2) is 30.6 Å². The van der Waals surface area contributed by atoms with Crippen molar-refractivity contribution in [2.75, 3.05) is 6.61 Å². The van der Waals surface area contributed by atoms with Crippen molar-refractivity contribution < 1.29 is 40.3 Å². The topological polar surface area (TPSA) is 26.3 Å². The molecule has 1 aromatic rings. The Balaban J connectivity index is 2.73. The van der Waals surface area contributed by atoms with E-state index in [9.17, 15) is 35.5 Å². The van der Waals surface area contributed by atoms with Gasteiger partial charge in [0, 0.05) is 16.5 Å². The summed E-state index contributed by atoms with van der Waals surface area (Å²) in [6, 6.07) is 4.00. The zero-order chi connectivity index (χ0) is 18.1. The molecule has 0 unspecified atom stereocenters. The lowest BCUT2D eigenvalue weighted by Gasteiger charge is -2.26. The van der Waals surface area contributed by atoms with E-state index in [4.69, 9.17) is 23.2 Å². The number of rotatable bonds is 5. The fourth-order valence-electron chi connectivity index (χ4n) is 1.37. The molecule has 0 saturated carbocycles. The van der Waals surface area contributed by atoms with E-state index in [1.807, 2.05) is 0 Å². The Hall–Kier alpha value is -1.22. The summed E-state index contributed by atoms with van der Waals surface area (Å²) in [5.74, 6) is -15.6. The summed E-state index contributed by atoms with van der Waals surface area (Å²) in [4.78, 5) is 10.9. The number of hydrogen-bond acceptors (Lipinski definition) is 2. The molecule has 0 spiro atoms. The van der Waals surface area contributed by atoms with Crippen molar-refractivity contribution in [3.63, 3.8) is 0 Å². The van der Waals surface area contributed by atoms with Gasteiger partial charge in [-0.1, -0.05) is 29.3 Å². The van der Waals surface area contributed by atoms with Gasteiger partial charge < -0.3 is 4.74 Å². The van der Waals surface area contributed by atoms with Crippen molar-refractivity contribution in [1.29, 1.82) is 0 Å². The van der Waals surface area contributed by atoms with E-state index in [0.29, 0.717) is 0 Å². The van der Waals surface area contributed by atoms with Crippen LogP contribution in [0.5, 0.6) is 0 Å². The summed E-state index contributed by atoms with van der Waals surface area (Å²) in [6.07, 6.45) is -6.88. The number of esters is 1. The average molecular weight is 387 g/mol. The van der Waals surface area contributed by atoms with E-state index in [2.05, 4.69) is 4.74 Å². The molecule has 0 saturated heterocycles. The number of halogens is 9. The van der Waals surface area contributed by atoms with Gasteiger partial charge >= 0.3 is 24.0 Å². The Kier molecular flexibility index (Phi) is 5.79. The minimum absolute atomic E-state index is 0.0842. The monoisotopic (exact) mass is 386 g/mol. The van der Waals surface area contributed by atoms with Crippen LogP contribution < -0.4 is 0 Å². The van der Waals surface area contributed by atoms with Gasteiger partial charge in [0.1, 0.15) is 0 Å². The highest BCUT2D eigenvalue weighted by Crippen LogP contribution is 2.46. The second-order valence-corrected chi connectivity index (χ2v) is 5.11. The van der Waals surface area contributed by atoms with Crippen LogP contribution in [0.25, 0.3) is 0 Å². The minimum Gasteiger partial charge on any atom is -0.461 e. The Labute approximate surface area is 135 Å². The third-order valence-corrected chi connectivity index (χ3v) is 3.21. The van der Waals surface area contributed by atoms with Gasteiger partial charge in [-0.25, -0.2) is 4.79 Å². The van der Waals surface area contributed by atoms with Crippen molar-refractivity contribution in [3.05, 3.63) is 33.8 Å². The highest BCUT2D eigenvalue weighted by molar-refractivity contribution is 6.35. The van der Waals surface area contributed by atoms with Crippen LogP contribution >= 0.6 is 23.2 Å². The molecule has 0 heterocycles. The summed E-state index contributed by atoms with van der Waals surface area (Å²) in [5, 5.41) is 0.341. The predicted octanol–water partition coefficient (Wildman–Crippen LogP) is 4.91. The number of benzene rings is 1. The smallest absolute Gasteiger partial charge is 0.460 e. The van der Waals surface area contributed by atoms with E-state index in [0.717, 1.165) is 0 Å².